The monoisotopic (exact) mass is 342 g/mol. The molecule has 0 radical (unpaired) electrons. The van der Waals surface area contributed by atoms with Crippen LogP contribution in [0.2, 0.25) is 0 Å². The van der Waals surface area contributed by atoms with Crippen LogP contribution in [0.5, 0.6) is 0 Å². The van der Waals surface area contributed by atoms with E-state index in [-0.39, 0.29) is 16.8 Å². The van der Waals surface area contributed by atoms with Gasteiger partial charge in [0.15, 0.2) is 0 Å². The molecule has 1 aliphatic rings. The first-order chi connectivity index (χ1) is 10.9. The fraction of sp³-hybridized carbons (Fsp3) is 0.562. The Labute approximate surface area is 136 Å². The van der Waals surface area contributed by atoms with Crippen LogP contribution in [0.25, 0.3) is 0 Å². The maximum atomic E-state index is 12.9. The van der Waals surface area contributed by atoms with Gasteiger partial charge in [0.05, 0.1) is 10.9 Å². The molecule has 0 aromatic heterocycles. The Bertz CT molecular complexity index is 623. The number of rotatable bonds is 5. The number of hydrogen-bond donors (Lipinski definition) is 2. The van der Waals surface area contributed by atoms with Crippen molar-refractivity contribution in [3.8, 4) is 0 Å². The van der Waals surface area contributed by atoms with Gasteiger partial charge in [-0.1, -0.05) is 25.7 Å². The molecule has 1 aliphatic carbocycles. The van der Waals surface area contributed by atoms with Crippen LogP contribution in [0, 0.1) is 5.82 Å². The second-order valence-electron chi connectivity index (χ2n) is 5.99. The van der Waals surface area contributed by atoms with Crippen molar-refractivity contribution in [2.75, 3.05) is 0 Å². The van der Waals surface area contributed by atoms with Gasteiger partial charge in [0.2, 0.25) is 15.9 Å². The molecule has 0 heterocycles. The first-order valence-electron chi connectivity index (χ1n) is 7.97. The molecule has 23 heavy (non-hydrogen) atoms. The zero-order valence-electron chi connectivity index (χ0n) is 13.2. The average molecular weight is 342 g/mol. The molecule has 1 aromatic rings. The highest BCUT2D eigenvalue weighted by atomic mass is 32.2. The quantitative estimate of drug-likeness (QED) is 0.807. The van der Waals surface area contributed by atoms with Crippen LogP contribution in [-0.4, -0.2) is 26.4 Å². The van der Waals surface area contributed by atoms with E-state index in [4.69, 9.17) is 0 Å². The highest BCUT2D eigenvalue weighted by Gasteiger charge is 2.24. The summed E-state index contributed by atoms with van der Waals surface area (Å²) < 4.78 is 39.6. The van der Waals surface area contributed by atoms with Gasteiger partial charge in [0.25, 0.3) is 0 Å². The summed E-state index contributed by atoms with van der Waals surface area (Å²) in [6.07, 6.45) is 6.39. The van der Waals surface area contributed by atoms with Crippen LogP contribution in [0.3, 0.4) is 0 Å². The van der Waals surface area contributed by atoms with Crippen molar-refractivity contribution in [2.24, 2.45) is 0 Å². The van der Waals surface area contributed by atoms with E-state index in [1.165, 1.54) is 31.9 Å². The molecule has 2 N–H and O–H groups in total. The topological polar surface area (TPSA) is 75.3 Å². The molecular weight excluding hydrogens is 319 g/mol. The molecule has 1 aromatic carbocycles. The van der Waals surface area contributed by atoms with Crippen LogP contribution in [0.4, 0.5) is 4.39 Å². The summed E-state index contributed by atoms with van der Waals surface area (Å²) >= 11 is 0. The summed E-state index contributed by atoms with van der Waals surface area (Å²) in [5, 5.41) is 2.92. The van der Waals surface area contributed by atoms with Gasteiger partial charge in [0.1, 0.15) is 5.82 Å². The minimum atomic E-state index is -3.85. The zero-order chi connectivity index (χ0) is 16.9. The largest absolute Gasteiger partial charge is 0.352 e. The molecule has 0 bridgehead atoms. The predicted molar refractivity (Wildman–Crippen MR) is 85.8 cm³/mol. The van der Waals surface area contributed by atoms with Crippen molar-refractivity contribution in [1.29, 1.82) is 0 Å². The number of nitrogens with one attached hydrogen (secondary N) is 2. The smallest absolute Gasteiger partial charge is 0.241 e. The number of sulfonamides is 1. The van der Waals surface area contributed by atoms with Gasteiger partial charge < -0.3 is 5.32 Å². The molecule has 1 amide bonds. The van der Waals surface area contributed by atoms with Crippen LogP contribution in [0.1, 0.15) is 45.4 Å². The Morgan fingerprint density at radius 2 is 1.70 bits per heavy atom. The first kappa shape index (κ1) is 17.9. The Kier molecular flexibility index (Phi) is 6.12. The number of carbonyl (C=O) groups is 1. The summed E-state index contributed by atoms with van der Waals surface area (Å²) in [6.45, 7) is 1.51. The summed E-state index contributed by atoms with van der Waals surface area (Å²) in [5.41, 5.74) is 0. The summed E-state index contributed by atoms with van der Waals surface area (Å²) in [7, 11) is -3.85. The van der Waals surface area contributed by atoms with Gasteiger partial charge in [-0.15, -0.1) is 0 Å². The van der Waals surface area contributed by atoms with Crippen LogP contribution in [-0.2, 0) is 14.8 Å². The second-order valence-corrected chi connectivity index (χ2v) is 7.71. The van der Waals surface area contributed by atoms with E-state index in [1.54, 1.807) is 0 Å². The minimum absolute atomic E-state index is 0.0620. The van der Waals surface area contributed by atoms with Crippen LogP contribution >= 0.6 is 0 Å². The molecule has 5 nitrogen and oxygen atoms in total. The van der Waals surface area contributed by atoms with Gasteiger partial charge in [-0.3, -0.25) is 4.79 Å². The summed E-state index contributed by atoms with van der Waals surface area (Å²) in [5.74, 6) is -0.842. The fourth-order valence-electron chi connectivity index (χ4n) is 2.72. The number of amides is 1. The molecule has 1 atom stereocenters. The lowest BCUT2D eigenvalue weighted by Crippen LogP contribution is -2.47. The lowest BCUT2D eigenvalue weighted by Gasteiger charge is -2.20. The van der Waals surface area contributed by atoms with Crippen molar-refractivity contribution < 1.29 is 17.6 Å². The maximum Gasteiger partial charge on any atom is 0.241 e. The van der Waals surface area contributed by atoms with E-state index < -0.39 is 21.9 Å². The molecule has 0 spiro atoms. The second kappa shape index (κ2) is 7.88. The average Bonchev–Trinajstić information content (AvgIpc) is 2.76. The minimum Gasteiger partial charge on any atom is -0.352 e. The van der Waals surface area contributed by atoms with E-state index in [0.717, 1.165) is 37.8 Å². The Balaban J connectivity index is 1.95. The normalized spacial score (nSPS) is 18.2. The van der Waals surface area contributed by atoms with Gasteiger partial charge in [-0.25, -0.2) is 12.8 Å². The number of carbonyl (C=O) groups excluding carboxylic acids is 1. The summed E-state index contributed by atoms with van der Waals surface area (Å²) in [6, 6.07) is 3.73. The third-order valence-electron chi connectivity index (χ3n) is 4.05. The highest BCUT2D eigenvalue weighted by molar-refractivity contribution is 7.89. The molecule has 0 saturated heterocycles. The third-order valence-corrected chi connectivity index (χ3v) is 5.61. The predicted octanol–water partition coefficient (Wildman–Crippen LogP) is 2.33. The molecule has 7 heteroatoms. The summed E-state index contributed by atoms with van der Waals surface area (Å²) in [4.78, 5) is 12.1. The van der Waals surface area contributed by atoms with Crippen molar-refractivity contribution in [3.05, 3.63) is 30.1 Å². The molecule has 0 aliphatic heterocycles. The van der Waals surface area contributed by atoms with Crippen molar-refractivity contribution in [2.45, 2.75) is 62.4 Å². The fourth-order valence-corrected chi connectivity index (χ4v) is 3.92. The van der Waals surface area contributed by atoms with E-state index in [2.05, 4.69) is 10.0 Å². The SMILES string of the molecule is C[C@H](NS(=O)(=O)c1ccc(F)cc1)C(=O)NC1CCCCCC1. The molecule has 1 saturated carbocycles. The highest BCUT2D eigenvalue weighted by Crippen LogP contribution is 2.17. The van der Waals surface area contributed by atoms with E-state index in [0.29, 0.717) is 0 Å². The number of hydrogen-bond acceptors (Lipinski definition) is 3. The Hall–Kier alpha value is -1.47. The van der Waals surface area contributed by atoms with E-state index in [9.17, 15) is 17.6 Å². The Morgan fingerprint density at radius 1 is 1.13 bits per heavy atom. The number of benzene rings is 1. The van der Waals surface area contributed by atoms with Crippen molar-refractivity contribution in [3.63, 3.8) is 0 Å². The van der Waals surface area contributed by atoms with Gasteiger partial charge in [0, 0.05) is 6.04 Å². The van der Waals surface area contributed by atoms with Gasteiger partial charge in [-0.05, 0) is 44.0 Å². The molecule has 128 valence electrons. The van der Waals surface area contributed by atoms with E-state index in [1.807, 2.05) is 0 Å². The third kappa shape index (κ3) is 5.28. The number of halogens is 1. The lowest BCUT2D eigenvalue weighted by atomic mass is 10.1. The maximum absolute atomic E-state index is 12.9. The molecule has 1 fully saturated rings. The zero-order valence-corrected chi connectivity index (χ0v) is 14.0. The molecule has 2 rings (SSSR count). The van der Waals surface area contributed by atoms with Crippen LogP contribution in [0.15, 0.2) is 29.2 Å². The van der Waals surface area contributed by atoms with Crippen molar-refractivity contribution >= 4 is 15.9 Å². The van der Waals surface area contributed by atoms with Gasteiger partial charge >= 0.3 is 0 Å². The van der Waals surface area contributed by atoms with Gasteiger partial charge in [-0.2, -0.15) is 4.72 Å². The van der Waals surface area contributed by atoms with E-state index >= 15 is 0 Å². The van der Waals surface area contributed by atoms with Crippen LogP contribution < -0.4 is 10.0 Å². The molecule has 0 unspecified atom stereocenters. The standard InChI is InChI=1S/C16H23FN2O3S/c1-12(16(20)18-14-6-4-2-3-5-7-14)19-23(21,22)15-10-8-13(17)9-11-15/h8-12,14,19H,2-7H2,1H3,(H,18,20)/t12-/m0/s1. The lowest BCUT2D eigenvalue weighted by molar-refractivity contribution is -0.123. The molecular formula is C16H23FN2O3S. The van der Waals surface area contributed by atoms with Crippen molar-refractivity contribution in [1.82, 2.24) is 10.0 Å². The Morgan fingerprint density at radius 3 is 2.26 bits per heavy atom. The first-order valence-corrected chi connectivity index (χ1v) is 9.45.